The lowest BCUT2D eigenvalue weighted by Gasteiger charge is -2.01. The number of phenols is 1. The molecule has 0 atom stereocenters. The van der Waals surface area contributed by atoms with Crippen LogP contribution < -0.4 is 5.43 Å². The number of para-hydroxylation sites is 1. The zero-order chi connectivity index (χ0) is 18.5. The molecule has 2 aromatic carbocycles. The van der Waals surface area contributed by atoms with Crippen molar-refractivity contribution in [1.82, 2.24) is 5.43 Å². The minimum Gasteiger partial charge on any atom is -0.507 e. The van der Waals surface area contributed by atoms with E-state index in [9.17, 15) is 9.90 Å². The average Bonchev–Trinajstić information content (AvgIpc) is 2.96. The number of nitrogens with zero attached hydrogens (tertiary/aromatic N) is 1. The molecule has 0 spiro atoms. The van der Waals surface area contributed by atoms with Crippen molar-refractivity contribution in [3.8, 4) is 5.75 Å². The molecule has 0 unspecified atom stereocenters. The quantitative estimate of drug-likeness (QED) is 0.407. The lowest BCUT2D eigenvalue weighted by molar-refractivity contribution is 0.0952. The molecule has 0 aliphatic heterocycles. The van der Waals surface area contributed by atoms with E-state index in [1.165, 1.54) is 30.1 Å². The summed E-state index contributed by atoms with van der Waals surface area (Å²) in [6.07, 6.45) is 1.38. The van der Waals surface area contributed by atoms with E-state index in [2.05, 4.69) is 26.5 Å². The van der Waals surface area contributed by atoms with E-state index in [0.29, 0.717) is 15.9 Å². The summed E-state index contributed by atoms with van der Waals surface area (Å²) >= 11 is 10.7. The number of nitrogens with one attached hydrogen (secondary N) is 1. The predicted molar refractivity (Wildman–Crippen MR) is 105 cm³/mol. The molecule has 0 aliphatic rings. The predicted octanol–water partition coefficient (Wildman–Crippen LogP) is 5.32. The van der Waals surface area contributed by atoms with Crippen molar-refractivity contribution >= 4 is 51.4 Å². The number of hydrogen-bond donors (Lipinski definition) is 2. The van der Waals surface area contributed by atoms with Gasteiger partial charge in [0.25, 0.3) is 5.91 Å². The van der Waals surface area contributed by atoms with Crippen molar-refractivity contribution < 1.29 is 14.3 Å². The van der Waals surface area contributed by atoms with Crippen LogP contribution in [0.3, 0.4) is 0 Å². The van der Waals surface area contributed by atoms with Crippen LogP contribution in [-0.4, -0.2) is 17.2 Å². The molecule has 0 saturated carbocycles. The molecule has 0 radical (unpaired) electrons. The van der Waals surface area contributed by atoms with Gasteiger partial charge in [0.1, 0.15) is 11.5 Å². The highest BCUT2D eigenvalue weighted by molar-refractivity contribution is 9.10. The zero-order valence-corrected chi connectivity index (χ0v) is 16.3. The van der Waals surface area contributed by atoms with Crippen LogP contribution in [0.2, 0.25) is 5.02 Å². The Kier molecular flexibility index (Phi) is 6.03. The molecule has 1 aromatic heterocycles. The van der Waals surface area contributed by atoms with Crippen LogP contribution in [0.15, 0.2) is 78.6 Å². The summed E-state index contributed by atoms with van der Waals surface area (Å²) in [7, 11) is 0. The fourth-order valence-corrected chi connectivity index (χ4v) is 3.45. The molecule has 3 aromatic rings. The Morgan fingerprint density at radius 1 is 1.23 bits per heavy atom. The Hall–Kier alpha value is -2.22. The summed E-state index contributed by atoms with van der Waals surface area (Å²) in [6, 6.07) is 15.4. The van der Waals surface area contributed by atoms with Gasteiger partial charge in [-0.3, -0.25) is 4.79 Å². The molecule has 1 heterocycles. The van der Waals surface area contributed by atoms with Crippen LogP contribution in [-0.2, 0) is 0 Å². The van der Waals surface area contributed by atoms with E-state index in [4.69, 9.17) is 16.0 Å². The van der Waals surface area contributed by atoms with Crippen molar-refractivity contribution in [3.05, 3.63) is 75.4 Å². The first-order chi connectivity index (χ1) is 12.5. The third-order valence-electron chi connectivity index (χ3n) is 3.21. The van der Waals surface area contributed by atoms with Crippen molar-refractivity contribution in [1.29, 1.82) is 0 Å². The van der Waals surface area contributed by atoms with E-state index in [-0.39, 0.29) is 11.3 Å². The van der Waals surface area contributed by atoms with Gasteiger partial charge in [-0.1, -0.05) is 35.5 Å². The second-order valence-electron chi connectivity index (χ2n) is 5.06. The first-order valence-corrected chi connectivity index (χ1v) is 9.36. The average molecular weight is 452 g/mol. The van der Waals surface area contributed by atoms with Gasteiger partial charge in [-0.25, -0.2) is 5.43 Å². The zero-order valence-electron chi connectivity index (χ0n) is 13.1. The highest BCUT2D eigenvalue weighted by Gasteiger charge is 2.11. The van der Waals surface area contributed by atoms with Crippen LogP contribution in [0.4, 0.5) is 0 Å². The van der Waals surface area contributed by atoms with Crippen molar-refractivity contribution in [2.45, 2.75) is 9.99 Å². The maximum Gasteiger partial charge on any atom is 0.275 e. The Balaban J connectivity index is 1.65. The molecule has 1 amide bonds. The number of carbonyl (C=O) groups excluding carboxylic acids is 1. The van der Waals surface area contributed by atoms with Gasteiger partial charge in [0.2, 0.25) is 0 Å². The van der Waals surface area contributed by atoms with Crippen LogP contribution >= 0.6 is 39.3 Å². The summed E-state index contributed by atoms with van der Waals surface area (Å²) < 4.78 is 6.46. The van der Waals surface area contributed by atoms with Gasteiger partial charge in [0, 0.05) is 16.0 Å². The summed E-state index contributed by atoms with van der Waals surface area (Å²) in [6.45, 7) is 0. The normalized spacial score (nSPS) is 11.0. The standard InChI is InChI=1S/C18H12BrClN2O3S/c19-15-9-12(25-18(15)26-13-7-5-11(20)6-8-13)10-21-22-17(24)14-3-1-2-4-16(14)23/h1-10,23H,(H,22,24)/b21-10-. The highest BCUT2D eigenvalue weighted by Crippen LogP contribution is 2.35. The first-order valence-electron chi connectivity index (χ1n) is 7.37. The molecular formula is C18H12BrClN2O3S. The number of furan rings is 1. The maximum absolute atomic E-state index is 12.0. The molecule has 0 bridgehead atoms. The molecule has 0 saturated heterocycles. The number of phenolic OH excluding ortho intramolecular Hbond substituents is 1. The fourth-order valence-electron chi connectivity index (χ4n) is 1.99. The van der Waals surface area contributed by atoms with Gasteiger partial charge in [0.05, 0.1) is 16.3 Å². The van der Waals surface area contributed by atoms with Crippen LogP contribution in [0.5, 0.6) is 5.75 Å². The van der Waals surface area contributed by atoms with E-state index < -0.39 is 5.91 Å². The van der Waals surface area contributed by atoms with E-state index in [0.717, 1.165) is 9.37 Å². The topological polar surface area (TPSA) is 74.8 Å². The van der Waals surface area contributed by atoms with Gasteiger partial charge in [-0.15, -0.1) is 0 Å². The second-order valence-corrected chi connectivity index (χ2v) is 7.39. The minimum atomic E-state index is -0.513. The molecule has 0 aliphatic carbocycles. The lowest BCUT2D eigenvalue weighted by atomic mass is 10.2. The number of benzene rings is 2. The largest absolute Gasteiger partial charge is 0.507 e. The SMILES string of the molecule is O=C(N/N=C\c1cc(Br)c(Sc2ccc(Cl)cc2)o1)c1ccccc1O. The van der Waals surface area contributed by atoms with Crippen molar-refractivity contribution in [3.63, 3.8) is 0 Å². The lowest BCUT2D eigenvalue weighted by Crippen LogP contribution is -2.17. The Labute approximate surface area is 167 Å². The van der Waals surface area contributed by atoms with Gasteiger partial charge >= 0.3 is 0 Å². The van der Waals surface area contributed by atoms with Crippen LogP contribution in [0.25, 0.3) is 0 Å². The summed E-state index contributed by atoms with van der Waals surface area (Å²) in [5.41, 5.74) is 2.49. The molecule has 2 N–H and O–H groups in total. The molecule has 26 heavy (non-hydrogen) atoms. The van der Waals surface area contributed by atoms with Crippen molar-refractivity contribution in [2.75, 3.05) is 0 Å². The smallest absolute Gasteiger partial charge is 0.275 e. The molecule has 5 nitrogen and oxygen atoms in total. The molecular weight excluding hydrogens is 440 g/mol. The van der Waals surface area contributed by atoms with Gasteiger partial charge in [-0.05, 0) is 52.3 Å². The second kappa shape index (κ2) is 8.44. The summed E-state index contributed by atoms with van der Waals surface area (Å²) in [4.78, 5) is 12.9. The monoisotopic (exact) mass is 450 g/mol. The molecule has 0 fully saturated rings. The van der Waals surface area contributed by atoms with E-state index in [1.807, 2.05) is 12.1 Å². The maximum atomic E-state index is 12.0. The number of halogens is 2. The Morgan fingerprint density at radius 3 is 2.69 bits per heavy atom. The molecule has 3 rings (SSSR count). The van der Waals surface area contributed by atoms with E-state index in [1.54, 1.807) is 30.3 Å². The number of carbonyl (C=O) groups is 1. The van der Waals surface area contributed by atoms with Crippen LogP contribution in [0, 0.1) is 0 Å². The van der Waals surface area contributed by atoms with Gasteiger partial charge < -0.3 is 9.52 Å². The molecule has 8 heteroatoms. The molecule has 132 valence electrons. The number of rotatable bonds is 5. The highest BCUT2D eigenvalue weighted by atomic mass is 79.9. The van der Waals surface area contributed by atoms with Crippen molar-refractivity contribution in [2.24, 2.45) is 5.10 Å². The summed E-state index contributed by atoms with van der Waals surface area (Å²) in [5, 5.41) is 14.8. The van der Waals surface area contributed by atoms with Gasteiger partial charge in [-0.2, -0.15) is 5.10 Å². The number of amides is 1. The minimum absolute atomic E-state index is 0.109. The third kappa shape index (κ3) is 4.69. The third-order valence-corrected chi connectivity index (χ3v) is 5.31. The fraction of sp³-hybridized carbons (Fsp3) is 0. The number of hydrazone groups is 1. The van der Waals surface area contributed by atoms with Gasteiger partial charge in [0.15, 0.2) is 5.09 Å². The van der Waals surface area contributed by atoms with E-state index >= 15 is 0 Å². The number of aromatic hydroxyl groups is 1. The number of hydrogen-bond acceptors (Lipinski definition) is 5. The van der Waals surface area contributed by atoms with Crippen LogP contribution in [0.1, 0.15) is 16.1 Å². The Bertz CT molecular complexity index is 957. The first kappa shape index (κ1) is 18.6. The Morgan fingerprint density at radius 2 is 1.96 bits per heavy atom. The summed E-state index contributed by atoms with van der Waals surface area (Å²) in [5.74, 6) is -0.158.